The van der Waals surface area contributed by atoms with Crippen LogP contribution in [0, 0.1) is 0 Å². The van der Waals surface area contributed by atoms with E-state index in [9.17, 15) is 10.2 Å². The van der Waals surface area contributed by atoms with Crippen LogP contribution in [-0.2, 0) is 19.8 Å². The second-order valence-corrected chi connectivity index (χ2v) is 5.24. The molecule has 3 rings (SSSR count). The van der Waals surface area contributed by atoms with Crippen LogP contribution in [-0.4, -0.2) is 20.2 Å². The van der Waals surface area contributed by atoms with Gasteiger partial charge in [0.1, 0.15) is 18.1 Å². The van der Waals surface area contributed by atoms with Crippen LogP contribution in [0.1, 0.15) is 17.0 Å². The molecule has 5 nitrogen and oxygen atoms in total. The summed E-state index contributed by atoms with van der Waals surface area (Å²) in [6, 6.07) is 17.0. The van der Waals surface area contributed by atoms with E-state index in [0.717, 1.165) is 5.56 Å². The van der Waals surface area contributed by atoms with Crippen molar-refractivity contribution in [3.05, 3.63) is 77.7 Å². The number of benzene rings is 1. The molecule has 0 saturated heterocycles. The van der Waals surface area contributed by atoms with Crippen LogP contribution < -0.4 is 4.74 Å². The average Bonchev–Trinajstić information content (AvgIpc) is 2.67. The highest BCUT2D eigenvalue weighted by atomic mass is 16.5. The van der Waals surface area contributed by atoms with E-state index >= 15 is 0 Å². The molecule has 2 aromatic heterocycles. The Hall–Kier alpha value is -2.76. The third-order valence-electron chi connectivity index (χ3n) is 3.61. The van der Waals surface area contributed by atoms with E-state index in [2.05, 4.69) is 9.97 Å². The van der Waals surface area contributed by atoms with Gasteiger partial charge in [-0.3, -0.25) is 9.97 Å². The van der Waals surface area contributed by atoms with E-state index in [1.54, 1.807) is 24.4 Å². The number of rotatable bonds is 6. The SMILES string of the molecule is OCc1ccc(-c2ncccc2OCc2ccccc2)c(CO)n1. The highest BCUT2D eigenvalue weighted by Crippen LogP contribution is 2.30. The number of ether oxygens (including phenoxy) is 1. The van der Waals surface area contributed by atoms with Gasteiger partial charge in [-0.05, 0) is 29.8 Å². The molecule has 3 aromatic rings. The molecule has 24 heavy (non-hydrogen) atoms. The Kier molecular flexibility index (Phi) is 5.15. The third-order valence-corrected chi connectivity index (χ3v) is 3.61. The van der Waals surface area contributed by atoms with E-state index in [0.29, 0.717) is 35.0 Å². The van der Waals surface area contributed by atoms with Crippen molar-refractivity contribution in [2.45, 2.75) is 19.8 Å². The maximum atomic E-state index is 9.59. The Balaban J connectivity index is 1.92. The molecule has 5 heteroatoms. The summed E-state index contributed by atoms with van der Waals surface area (Å²) in [5.74, 6) is 0.620. The van der Waals surface area contributed by atoms with Gasteiger partial charge in [0.2, 0.25) is 0 Å². The topological polar surface area (TPSA) is 75.5 Å². The first-order valence-electron chi connectivity index (χ1n) is 7.64. The number of aliphatic hydroxyl groups is 2. The van der Waals surface area contributed by atoms with Crippen molar-refractivity contribution in [1.29, 1.82) is 0 Å². The minimum absolute atomic E-state index is 0.174. The van der Waals surface area contributed by atoms with Crippen LogP contribution in [0.5, 0.6) is 5.75 Å². The molecule has 0 aliphatic heterocycles. The van der Waals surface area contributed by atoms with Crippen molar-refractivity contribution < 1.29 is 14.9 Å². The molecular weight excluding hydrogens is 304 g/mol. The van der Waals surface area contributed by atoms with E-state index in [1.165, 1.54) is 0 Å². The van der Waals surface area contributed by atoms with E-state index < -0.39 is 0 Å². The highest BCUT2D eigenvalue weighted by molar-refractivity contribution is 5.68. The molecule has 0 radical (unpaired) electrons. The Labute approximate surface area is 140 Å². The van der Waals surface area contributed by atoms with Gasteiger partial charge in [-0.15, -0.1) is 0 Å². The summed E-state index contributed by atoms with van der Waals surface area (Å²) >= 11 is 0. The zero-order valence-electron chi connectivity index (χ0n) is 13.1. The lowest BCUT2D eigenvalue weighted by Crippen LogP contribution is -2.02. The fraction of sp³-hybridized carbons (Fsp3) is 0.158. The summed E-state index contributed by atoms with van der Waals surface area (Å²) in [6.07, 6.45) is 1.67. The van der Waals surface area contributed by atoms with Gasteiger partial charge in [0.25, 0.3) is 0 Å². The summed E-state index contributed by atoms with van der Waals surface area (Å²) < 4.78 is 5.91. The van der Waals surface area contributed by atoms with Crippen LogP contribution in [0.25, 0.3) is 11.3 Å². The molecule has 122 valence electrons. The van der Waals surface area contributed by atoms with Gasteiger partial charge in [-0.25, -0.2) is 0 Å². The summed E-state index contributed by atoms with van der Waals surface area (Å²) in [5, 5.41) is 18.8. The molecule has 0 amide bonds. The Morgan fingerprint density at radius 1 is 0.875 bits per heavy atom. The second-order valence-electron chi connectivity index (χ2n) is 5.24. The number of hydrogen-bond acceptors (Lipinski definition) is 5. The van der Waals surface area contributed by atoms with Crippen LogP contribution in [0.4, 0.5) is 0 Å². The first kappa shape index (κ1) is 16.1. The maximum Gasteiger partial charge on any atom is 0.146 e. The van der Waals surface area contributed by atoms with Crippen LogP contribution >= 0.6 is 0 Å². The molecule has 2 N–H and O–H groups in total. The van der Waals surface area contributed by atoms with Crippen molar-refractivity contribution in [3.63, 3.8) is 0 Å². The molecule has 0 saturated carbocycles. The Morgan fingerprint density at radius 2 is 1.71 bits per heavy atom. The van der Waals surface area contributed by atoms with Gasteiger partial charge in [0.15, 0.2) is 0 Å². The zero-order valence-corrected chi connectivity index (χ0v) is 13.1. The molecule has 0 bridgehead atoms. The quantitative estimate of drug-likeness (QED) is 0.730. The minimum atomic E-state index is -0.238. The largest absolute Gasteiger partial charge is 0.487 e. The normalized spacial score (nSPS) is 10.6. The number of aromatic nitrogens is 2. The van der Waals surface area contributed by atoms with Crippen molar-refractivity contribution in [2.75, 3.05) is 0 Å². The van der Waals surface area contributed by atoms with Crippen molar-refractivity contribution in [2.24, 2.45) is 0 Å². The van der Waals surface area contributed by atoms with Gasteiger partial charge < -0.3 is 14.9 Å². The third kappa shape index (κ3) is 3.59. The van der Waals surface area contributed by atoms with Gasteiger partial charge in [-0.1, -0.05) is 30.3 Å². The van der Waals surface area contributed by atoms with Gasteiger partial charge >= 0.3 is 0 Å². The van der Waals surface area contributed by atoms with Gasteiger partial charge in [-0.2, -0.15) is 0 Å². The van der Waals surface area contributed by atoms with Crippen molar-refractivity contribution in [1.82, 2.24) is 9.97 Å². The molecule has 2 heterocycles. The molecule has 0 spiro atoms. The fourth-order valence-electron chi connectivity index (χ4n) is 2.42. The summed E-state index contributed by atoms with van der Waals surface area (Å²) in [5.41, 5.74) is 3.34. The first-order valence-corrected chi connectivity index (χ1v) is 7.64. The second kappa shape index (κ2) is 7.68. The average molecular weight is 322 g/mol. The van der Waals surface area contributed by atoms with Gasteiger partial charge in [0, 0.05) is 11.8 Å². The summed E-state index contributed by atoms with van der Waals surface area (Å²) in [6.45, 7) is 0.0148. The van der Waals surface area contributed by atoms with Crippen LogP contribution in [0.3, 0.4) is 0 Å². The lowest BCUT2D eigenvalue weighted by atomic mass is 10.1. The highest BCUT2D eigenvalue weighted by Gasteiger charge is 2.13. The van der Waals surface area contributed by atoms with Crippen molar-refractivity contribution in [3.8, 4) is 17.0 Å². The Bertz CT molecular complexity index is 807. The van der Waals surface area contributed by atoms with E-state index in [4.69, 9.17) is 4.74 Å². The molecule has 0 fully saturated rings. The molecule has 0 atom stereocenters. The predicted molar refractivity (Wildman–Crippen MR) is 90.1 cm³/mol. The van der Waals surface area contributed by atoms with Crippen LogP contribution in [0.15, 0.2) is 60.8 Å². The fourth-order valence-corrected chi connectivity index (χ4v) is 2.42. The van der Waals surface area contributed by atoms with Gasteiger partial charge in [0.05, 0.1) is 24.6 Å². The lowest BCUT2D eigenvalue weighted by molar-refractivity contribution is 0.266. The molecule has 0 aliphatic rings. The molecule has 0 aliphatic carbocycles. The zero-order chi connectivity index (χ0) is 16.8. The number of hydrogen-bond donors (Lipinski definition) is 2. The number of nitrogens with zero attached hydrogens (tertiary/aromatic N) is 2. The van der Waals surface area contributed by atoms with Crippen molar-refractivity contribution >= 4 is 0 Å². The monoisotopic (exact) mass is 322 g/mol. The smallest absolute Gasteiger partial charge is 0.146 e. The molecule has 0 unspecified atom stereocenters. The number of pyridine rings is 2. The standard InChI is InChI=1S/C19H18N2O3/c22-11-15-8-9-16(17(12-23)21-15)19-18(7-4-10-20-19)24-13-14-5-2-1-3-6-14/h1-10,22-23H,11-13H2. The maximum absolute atomic E-state index is 9.59. The number of aliphatic hydroxyl groups excluding tert-OH is 2. The minimum Gasteiger partial charge on any atom is -0.487 e. The molecular formula is C19H18N2O3. The summed E-state index contributed by atoms with van der Waals surface area (Å²) in [4.78, 5) is 8.64. The Morgan fingerprint density at radius 3 is 2.46 bits per heavy atom. The van der Waals surface area contributed by atoms with Crippen LogP contribution in [0.2, 0.25) is 0 Å². The molecule has 1 aromatic carbocycles. The first-order chi connectivity index (χ1) is 11.8. The summed E-state index contributed by atoms with van der Waals surface area (Å²) in [7, 11) is 0. The van der Waals surface area contributed by atoms with E-state index in [1.807, 2.05) is 36.4 Å². The lowest BCUT2D eigenvalue weighted by Gasteiger charge is -2.13. The van der Waals surface area contributed by atoms with E-state index in [-0.39, 0.29) is 13.2 Å². The predicted octanol–water partition coefficient (Wildman–Crippen LogP) is 2.71.